The summed E-state index contributed by atoms with van der Waals surface area (Å²) >= 11 is 0. The van der Waals surface area contributed by atoms with E-state index < -0.39 is 5.41 Å². The van der Waals surface area contributed by atoms with E-state index in [9.17, 15) is 0 Å². The van der Waals surface area contributed by atoms with E-state index in [2.05, 4.69) is 104 Å². The van der Waals surface area contributed by atoms with Crippen LogP contribution in [0.2, 0.25) is 0 Å². The molecule has 2 heterocycles. The van der Waals surface area contributed by atoms with Crippen LogP contribution in [-0.4, -0.2) is 37.1 Å². The molecule has 0 fully saturated rings. The average molecular weight is 475 g/mol. The molecule has 2 aromatic rings. The van der Waals surface area contributed by atoms with E-state index in [1.54, 1.807) is 0 Å². The van der Waals surface area contributed by atoms with E-state index in [4.69, 9.17) is 19.5 Å². The van der Waals surface area contributed by atoms with Crippen molar-refractivity contribution in [3.8, 4) is 0 Å². The molecule has 2 atom stereocenters. The number of benzene rings is 2. The zero-order valence-electron chi connectivity index (χ0n) is 22.8. The van der Waals surface area contributed by atoms with Gasteiger partial charge in [-0.25, -0.2) is 9.98 Å². The molecule has 2 aliphatic rings. The predicted octanol–water partition coefficient (Wildman–Crippen LogP) is 6.69. The maximum atomic E-state index is 6.27. The van der Waals surface area contributed by atoms with Crippen LogP contribution < -0.4 is 0 Å². The highest BCUT2D eigenvalue weighted by Crippen LogP contribution is 2.38. The average Bonchev–Trinajstić information content (AvgIpc) is 3.41. The molecule has 0 amide bonds. The monoisotopic (exact) mass is 474 g/mol. The number of aliphatic imine (C=N–C) groups is 2. The third-order valence-corrected chi connectivity index (χ3v) is 7.07. The van der Waals surface area contributed by atoms with E-state index in [0.717, 1.165) is 24.6 Å². The van der Waals surface area contributed by atoms with Crippen LogP contribution in [0, 0.1) is 5.41 Å². The highest BCUT2D eigenvalue weighted by molar-refractivity contribution is 6.06. The van der Waals surface area contributed by atoms with Crippen molar-refractivity contribution in [3.63, 3.8) is 0 Å². The fraction of sp³-hybridized carbons (Fsp3) is 0.548. The molecule has 0 radical (unpaired) electrons. The minimum absolute atomic E-state index is 0.118. The van der Waals surface area contributed by atoms with Gasteiger partial charge in [-0.05, 0) is 59.8 Å². The van der Waals surface area contributed by atoms with Crippen LogP contribution in [0.1, 0.15) is 77.6 Å². The minimum atomic E-state index is -0.567. The molecule has 4 heteroatoms. The standard InChI is InChI=1S/C31H42N2O2/c1-21-19-34-27(32-21)31(28-33-22(2)20-35-28,17-23-9-13-25(14-10-23)29(3,4)5)18-24-11-15-26(16-12-24)30(6,7)8/h9-16,21-22H,17-20H2,1-8H3/t21-,22-/m0/s1. The molecular formula is C31H42N2O2. The first-order chi connectivity index (χ1) is 16.4. The zero-order chi connectivity index (χ0) is 25.4. The summed E-state index contributed by atoms with van der Waals surface area (Å²) < 4.78 is 12.5. The number of hydrogen-bond acceptors (Lipinski definition) is 4. The van der Waals surface area contributed by atoms with Crippen LogP contribution in [0.25, 0.3) is 0 Å². The Hall–Kier alpha value is -2.62. The molecule has 0 aromatic heterocycles. The summed E-state index contributed by atoms with van der Waals surface area (Å²) in [7, 11) is 0. The van der Waals surface area contributed by atoms with E-state index in [1.165, 1.54) is 22.3 Å². The topological polar surface area (TPSA) is 43.2 Å². The largest absolute Gasteiger partial charge is 0.478 e. The first kappa shape index (κ1) is 25.5. The van der Waals surface area contributed by atoms with Gasteiger partial charge in [0.05, 0.1) is 12.1 Å². The van der Waals surface area contributed by atoms with Crippen molar-refractivity contribution in [2.75, 3.05) is 13.2 Å². The molecule has 4 rings (SSSR count). The lowest BCUT2D eigenvalue weighted by Gasteiger charge is -2.33. The van der Waals surface area contributed by atoms with Crippen molar-refractivity contribution in [1.82, 2.24) is 0 Å². The third kappa shape index (κ3) is 5.63. The van der Waals surface area contributed by atoms with Gasteiger partial charge in [0.25, 0.3) is 0 Å². The molecule has 0 aliphatic carbocycles. The molecule has 35 heavy (non-hydrogen) atoms. The van der Waals surface area contributed by atoms with E-state index in [1.807, 2.05) is 0 Å². The summed E-state index contributed by atoms with van der Waals surface area (Å²) in [6, 6.07) is 18.2. The lowest BCUT2D eigenvalue weighted by Crippen LogP contribution is -2.44. The molecule has 188 valence electrons. The normalized spacial score (nSPS) is 20.8. The van der Waals surface area contributed by atoms with Gasteiger partial charge in [-0.1, -0.05) is 90.1 Å². The quantitative estimate of drug-likeness (QED) is 0.468. The maximum absolute atomic E-state index is 6.27. The fourth-order valence-corrected chi connectivity index (χ4v) is 4.87. The van der Waals surface area contributed by atoms with Crippen molar-refractivity contribution in [2.45, 2.75) is 91.1 Å². The summed E-state index contributed by atoms with van der Waals surface area (Å²) in [6.07, 6.45) is 1.46. The van der Waals surface area contributed by atoms with Crippen molar-refractivity contribution in [3.05, 3.63) is 70.8 Å². The molecule has 0 spiro atoms. The van der Waals surface area contributed by atoms with Crippen LogP contribution >= 0.6 is 0 Å². The van der Waals surface area contributed by atoms with Crippen LogP contribution in [0.5, 0.6) is 0 Å². The molecule has 4 nitrogen and oxygen atoms in total. The van der Waals surface area contributed by atoms with Gasteiger partial charge in [-0.2, -0.15) is 0 Å². The van der Waals surface area contributed by atoms with Gasteiger partial charge < -0.3 is 9.47 Å². The zero-order valence-corrected chi connectivity index (χ0v) is 22.8. The summed E-state index contributed by atoms with van der Waals surface area (Å²) in [5.41, 5.74) is 4.80. The Morgan fingerprint density at radius 3 is 1.23 bits per heavy atom. The van der Waals surface area contributed by atoms with Crippen LogP contribution in [-0.2, 0) is 33.1 Å². The summed E-state index contributed by atoms with van der Waals surface area (Å²) in [5, 5.41) is 0. The highest BCUT2D eigenvalue weighted by atomic mass is 16.5. The Bertz CT molecular complexity index is 993. The van der Waals surface area contributed by atoms with Crippen LogP contribution in [0.3, 0.4) is 0 Å². The Morgan fingerprint density at radius 2 is 0.971 bits per heavy atom. The second-order valence-electron chi connectivity index (χ2n) is 12.5. The van der Waals surface area contributed by atoms with Crippen LogP contribution in [0.15, 0.2) is 58.5 Å². The van der Waals surface area contributed by atoms with Gasteiger partial charge in [-0.3, -0.25) is 0 Å². The number of rotatable bonds is 6. The third-order valence-electron chi connectivity index (χ3n) is 7.07. The second kappa shape index (κ2) is 9.44. The second-order valence-corrected chi connectivity index (χ2v) is 12.5. The van der Waals surface area contributed by atoms with Crippen molar-refractivity contribution in [1.29, 1.82) is 0 Å². The van der Waals surface area contributed by atoms with Gasteiger partial charge in [0.15, 0.2) is 11.8 Å². The number of ether oxygens (including phenoxy) is 2. The Labute approximate surface area is 211 Å². The summed E-state index contributed by atoms with van der Waals surface area (Å²) in [6.45, 7) is 18.9. The van der Waals surface area contributed by atoms with Gasteiger partial charge in [0, 0.05) is 0 Å². The summed E-state index contributed by atoms with van der Waals surface area (Å²) in [5.74, 6) is 1.52. The van der Waals surface area contributed by atoms with Gasteiger partial charge in [0.1, 0.15) is 18.6 Å². The molecule has 0 saturated heterocycles. The van der Waals surface area contributed by atoms with Gasteiger partial charge >= 0.3 is 0 Å². The fourth-order valence-electron chi connectivity index (χ4n) is 4.87. The van der Waals surface area contributed by atoms with E-state index in [0.29, 0.717) is 13.2 Å². The van der Waals surface area contributed by atoms with Crippen LogP contribution in [0.4, 0.5) is 0 Å². The molecule has 2 aliphatic heterocycles. The Kier molecular flexibility index (Phi) is 6.87. The van der Waals surface area contributed by atoms with Gasteiger partial charge in [-0.15, -0.1) is 0 Å². The van der Waals surface area contributed by atoms with E-state index in [-0.39, 0.29) is 22.9 Å². The number of hydrogen-bond donors (Lipinski definition) is 0. The first-order valence-corrected chi connectivity index (χ1v) is 13.0. The van der Waals surface area contributed by atoms with Crippen molar-refractivity contribution < 1.29 is 9.47 Å². The lowest BCUT2D eigenvalue weighted by atomic mass is 9.74. The lowest BCUT2D eigenvalue weighted by molar-refractivity contribution is 0.251. The minimum Gasteiger partial charge on any atom is -0.478 e. The molecule has 0 N–H and O–H groups in total. The highest BCUT2D eigenvalue weighted by Gasteiger charge is 2.48. The maximum Gasteiger partial charge on any atom is 0.200 e. The Morgan fingerprint density at radius 1 is 0.629 bits per heavy atom. The molecule has 2 aromatic carbocycles. The predicted molar refractivity (Wildman–Crippen MR) is 146 cm³/mol. The van der Waals surface area contributed by atoms with Crippen molar-refractivity contribution >= 4 is 11.8 Å². The SMILES string of the molecule is C[C@H]1COC(C(Cc2ccc(C(C)(C)C)cc2)(Cc2ccc(C(C)(C)C)cc2)C2=N[C@@H](C)CO2)=N1. The smallest absolute Gasteiger partial charge is 0.200 e. The number of nitrogens with zero attached hydrogens (tertiary/aromatic N) is 2. The molecule has 0 unspecified atom stereocenters. The summed E-state index contributed by atoms with van der Waals surface area (Å²) in [4.78, 5) is 9.94. The van der Waals surface area contributed by atoms with Crippen molar-refractivity contribution in [2.24, 2.45) is 15.4 Å². The molecule has 0 bridgehead atoms. The molecular weight excluding hydrogens is 432 g/mol. The van der Waals surface area contributed by atoms with Gasteiger partial charge in [0.2, 0.25) is 0 Å². The first-order valence-electron chi connectivity index (χ1n) is 13.0. The Balaban J connectivity index is 1.78. The molecule has 0 saturated carbocycles. The van der Waals surface area contributed by atoms with E-state index >= 15 is 0 Å².